The zero-order valence-electron chi connectivity index (χ0n) is 17.4. The van der Waals surface area contributed by atoms with Crippen LogP contribution in [0, 0.1) is 3.57 Å². The summed E-state index contributed by atoms with van der Waals surface area (Å²) in [7, 11) is 1.61. The summed E-state index contributed by atoms with van der Waals surface area (Å²) in [5, 5.41) is 6.02. The highest BCUT2D eigenvalue weighted by Crippen LogP contribution is 2.33. The molecule has 4 rings (SSSR count). The molecule has 0 aromatic heterocycles. The van der Waals surface area contributed by atoms with Crippen LogP contribution in [0.3, 0.4) is 0 Å². The van der Waals surface area contributed by atoms with Crippen LogP contribution >= 0.6 is 22.6 Å². The SMILES string of the molecule is COc1ccc(C2CC(c3ccccc3)=NN2C(=O)COC(=O)c2cccc(I)c2)cc1. The highest BCUT2D eigenvalue weighted by atomic mass is 127. The minimum Gasteiger partial charge on any atom is -0.497 e. The van der Waals surface area contributed by atoms with Gasteiger partial charge in [-0.3, -0.25) is 4.79 Å². The number of esters is 1. The molecule has 0 saturated heterocycles. The van der Waals surface area contributed by atoms with Gasteiger partial charge in [-0.15, -0.1) is 0 Å². The van der Waals surface area contributed by atoms with E-state index < -0.39 is 5.97 Å². The number of carbonyl (C=O) groups excluding carboxylic acids is 2. The lowest BCUT2D eigenvalue weighted by Gasteiger charge is -2.22. The van der Waals surface area contributed by atoms with Gasteiger partial charge in [0, 0.05) is 9.99 Å². The number of rotatable bonds is 6. The molecule has 0 aliphatic carbocycles. The Kier molecular flexibility index (Phi) is 6.84. The van der Waals surface area contributed by atoms with Gasteiger partial charge in [0.25, 0.3) is 5.91 Å². The van der Waals surface area contributed by atoms with Crippen molar-refractivity contribution in [2.24, 2.45) is 5.10 Å². The van der Waals surface area contributed by atoms with E-state index in [0.717, 1.165) is 26.2 Å². The summed E-state index contributed by atoms with van der Waals surface area (Å²) >= 11 is 2.12. The molecule has 1 atom stereocenters. The van der Waals surface area contributed by atoms with Crippen molar-refractivity contribution in [3.8, 4) is 5.75 Å². The molecule has 3 aromatic rings. The number of methoxy groups -OCH3 is 1. The van der Waals surface area contributed by atoms with E-state index in [0.29, 0.717) is 12.0 Å². The summed E-state index contributed by atoms with van der Waals surface area (Å²) < 4.78 is 11.5. The van der Waals surface area contributed by atoms with E-state index in [9.17, 15) is 9.59 Å². The maximum Gasteiger partial charge on any atom is 0.338 e. The number of carbonyl (C=O) groups is 2. The Balaban J connectivity index is 1.54. The summed E-state index contributed by atoms with van der Waals surface area (Å²) in [5.74, 6) is -0.180. The summed E-state index contributed by atoms with van der Waals surface area (Å²) in [5.41, 5.74) is 3.10. The highest BCUT2D eigenvalue weighted by molar-refractivity contribution is 14.1. The van der Waals surface area contributed by atoms with Gasteiger partial charge in [-0.1, -0.05) is 48.5 Å². The molecule has 0 N–H and O–H groups in total. The predicted octanol–water partition coefficient (Wildman–Crippen LogP) is 4.83. The van der Waals surface area contributed by atoms with E-state index in [1.54, 1.807) is 25.3 Å². The first kappa shape index (κ1) is 22.0. The van der Waals surface area contributed by atoms with Gasteiger partial charge in [0.15, 0.2) is 6.61 Å². The summed E-state index contributed by atoms with van der Waals surface area (Å²) in [6.07, 6.45) is 0.562. The van der Waals surface area contributed by atoms with Gasteiger partial charge < -0.3 is 9.47 Å². The van der Waals surface area contributed by atoms with Crippen molar-refractivity contribution in [3.63, 3.8) is 0 Å². The van der Waals surface area contributed by atoms with Crippen molar-refractivity contribution in [1.82, 2.24) is 5.01 Å². The van der Waals surface area contributed by atoms with Gasteiger partial charge in [0.1, 0.15) is 5.75 Å². The minimum absolute atomic E-state index is 0.292. The van der Waals surface area contributed by atoms with Crippen molar-refractivity contribution in [3.05, 3.63) is 99.1 Å². The summed E-state index contributed by atoms with van der Waals surface area (Å²) in [4.78, 5) is 25.4. The molecular formula is C25H21IN2O4. The molecule has 0 spiro atoms. The van der Waals surface area contributed by atoms with E-state index >= 15 is 0 Å². The van der Waals surface area contributed by atoms with Crippen molar-refractivity contribution < 1.29 is 19.1 Å². The molecule has 0 fully saturated rings. The van der Waals surface area contributed by atoms with Gasteiger partial charge in [-0.05, 0) is 64.0 Å². The maximum absolute atomic E-state index is 13.0. The number of ether oxygens (including phenoxy) is 2. The highest BCUT2D eigenvalue weighted by Gasteiger charge is 2.33. The Morgan fingerprint density at radius 1 is 1.03 bits per heavy atom. The largest absolute Gasteiger partial charge is 0.497 e. The Labute approximate surface area is 200 Å². The van der Waals surface area contributed by atoms with Crippen LogP contribution in [0.4, 0.5) is 0 Å². The lowest BCUT2D eigenvalue weighted by atomic mass is 9.98. The molecular weight excluding hydrogens is 519 g/mol. The van der Waals surface area contributed by atoms with E-state index in [2.05, 4.69) is 27.7 Å². The molecule has 1 aliphatic heterocycles. The average molecular weight is 540 g/mol. The second-order valence-corrected chi connectivity index (χ2v) is 8.48. The normalized spacial score (nSPS) is 15.2. The van der Waals surface area contributed by atoms with E-state index in [4.69, 9.17) is 9.47 Å². The van der Waals surface area contributed by atoms with Crippen LogP contribution < -0.4 is 4.74 Å². The molecule has 162 valence electrons. The van der Waals surface area contributed by atoms with Crippen molar-refractivity contribution in [1.29, 1.82) is 0 Å². The van der Waals surface area contributed by atoms with Crippen molar-refractivity contribution in [2.75, 3.05) is 13.7 Å². The minimum atomic E-state index is -0.538. The number of nitrogens with zero attached hydrogens (tertiary/aromatic N) is 2. The third kappa shape index (κ3) is 4.99. The molecule has 1 heterocycles. The Morgan fingerprint density at radius 2 is 1.78 bits per heavy atom. The van der Waals surface area contributed by atoms with Gasteiger partial charge in [-0.25, -0.2) is 9.80 Å². The van der Waals surface area contributed by atoms with E-state index in [1.165, 1.54) is 5.01 Å². The van der Waals surface area contributed by atoms with Gasteiger partial charge >= 0.3 is 5.97 Å². The molecule has 1 amide bonds. The fourth-order valence-corrected chi connectivity index (χ4v) is 4.07. The molecule has 6 nitrogen and oxygen atoms in total. The summed E-state index contributed by atoms with van der Waals surface area (Å²) in [6, 6.07) is 24.0. The number of hydrogen-bond acceptors (Lipinski definition) is 5. The molecule has 0 bridgehead atoms. The Bertz CT molecular complexity index is 1150. The van der Waals surface area contributed by atoms with Crippen molar-refractivity contribution in [2.45, 2.75) is 12.5 Å². The third-order valence-electron chi connectivity index (χ3n) is 5.16. The van der Waals surface area contributed by atoms with Crippen LogP contribution in [0.25, 0.3) is 0 Å². The maximum atomic E-state index is 13.0. The van der Waals surface area contributed by atoms with E-state index in [-0.39, 0.29) is 18.6 Å². The predicted molar refractivity (Wildman–Crippen MR) is 130 cm³/mol. The van der Waals surface area contributed by atoms with Crippen LogP contribution in [-0.4, -0.2) is 36.3 Å². The quantitative estimate of drug-likeness (QED) is 0.332. The molecule has 7 heteroatoms. The van der Waals surface area contributed by atoms with E-state index in [1.807, 2.05) is 60.7 Å². The molecule has 1 unspecified atom stereocenters. The smallest absolute Gasteiger partial charge is 0.338 e. The standard InChI is InChI=1S/C25H21IN2O4/c1-31-21-12-10-18(11-13-21)23-15-22(17-6-3-2-4-7-17)27-28(23)24(29)16-32-25(30)19-8-5-9-20(26)14-19/h2-14,23H,15-16H2,1H3. The van der Waals surface area contributed by atoms with Crippen LogP contribution in [0.1, 0.15) is 33.9 Å². The summed E-state index contributed by atoms with van der Waals surface area (Å²) in [6.45, 7) is -0.386. The first-order valence-corrected chi connectivity index (χ1v) is 11.1. The van der Waals surface area contributed by atoms with Crippen LogP contribution in [0.5, 0.6) is 5.75 Å². The first-order valence-electron chi connectivity index (χ1n) is 10.1. The number of hydrogen-bond donors (Lipinski definition) is 0. The zero-order chi connectivity index (χ0) is 22.5. The van der Waals surface area contributed by atoms with Gasteiger partial charge in [0.2, 0.25) is 0 Å². The lowest BCUT2D eigenvalue weighted by Crippen LogP contribution is -2.31. The zero-order valence-corrected chi connectivity index (χ0v) is 19.6. The third-order valence-corrected chi connectivity index (χ3v) is 5.83. The molecule has 1 aliphatic rings. The number of amides is 1. The average Bonchev–Trinajstić information content (AvgIpc) is 3.28. The lowest BCUT2D eigenvalue weighted by molar-refractivity contribution is -0.136. The van der Waals surface area contributed by atoms with Crippen LogP contribution in [0.2, 0.25) is 0 Å². The number of halogens is 1. The second kappa shape index (κ2) is 9.95. The second-order valence-electron chi connectivity index (χ2n) is 7.23. The monoisotopic (exact) mass is 540 g/mol. The molecule has 0 radical (unpaired) electrons. The topological polar surface area (TPSA) is 68.2 Å². The fourth-order valence-electron chi connectivity index (χ4n) is 3.52. The van der Waals surface area contributed by atoms with Crippen LogP contribution in [-0.2, 0) is 9.53 Å². The number of benzene rings is 3. The fraction of sp³-hybridized carbons (Fsp3) is 0.160. The van der Waals surface area contributed by atoms with Crippen molar-refractivity contribution >= 4 is 40.2 Å². The number of hydrazone groups is 1. The van der Waals surface area contributed by atoms with Gasteiger partial charge in [-0.2, -0.15) is 5.10 Å². The molecule has 32 heavy (non-hydrogen) atoms. The Morgan fingerprint density at radius 3 is 2.47 bits per heavy atom. The Hall–Kier alpha value is -3.20. The molecule has 3 aromatic carbocycles. The molecule has 0 saturated carbocycles. The van der Waals surface area contributed by atoms with Crippen LogP contribution in [0.15, 0.2) is 84.0 Å². The van der Waals surface area contributed by atoms with Gasteiger partial charge in [0.05, 0.1) is 24.4 Å². The first-order chi connectivity index (χ1) is 15.5.